The monoisotopic (exact) mass is 452 g/mol. The lowest BCUT2D eigenvalue weighted by Crippen LogP contribution is -2.40. The van der Waals surface area contributed by atoms with Gasteiger partial charge >= 0.3 is 17.9 Å². The highest BCUT2D eigenvalue weighted by Crippen LogP contribution is 2.53. The highest BCUT2D eigenvalue weighted by molar-refractivity contribution is 5.91. The van der Waals surface area contributed by atoms with E-state index in [4.69, 9.17) is 14.2 Å². The van der Waals surface area contributed by atoms with Gasteiger partial charge in [-0.3, -0.25) is 4.79 Å². The quantitative estimate of drug-likeness (QED) is 0.280. The molecule has 2 fully saturated rings. The fraction of sp³-hybridized carbons (Fsp3) is 0.519. The first-order chi connectivity index (χ1) is 15.5. The van der Waals surface area contributed by atoms with E-state index >= 15 is 0 Å². The normalized spacial score (nSPS) is 31.1. The Hall–Kier alpha value is -2.89. The van der Waals surface area contributed by atoms with Crippen molar-refractivity contribution in [2.45, 2.75) is 77.6 Å². The molecule has 1 saturated heterocycles. The van der Waals surface area contributed by atoms with Gasteiger partial charge in [-0.2, -0.15) is 0 Å². The van der Waals surface area contributed by atoms with Gasteiger partial charge in [-0.05, 0) is 67.9 Å². The van der Waals surface area contributed by atoms with Crippen LogP contribution in [0.15, 0.2) is 47.6 Å². The number of fused-ring (bicyclic) bond motifs is 3. The number of carbonyl (C=O) groups excluding carboxylic acids is 3. The lowest BCUT2D eigenvalue weighted by molar-refractivity contribution is -0.161. The van der Waals surface area contributed by atoms with Gasteiger partial charge < -0.3 is 14.2 Å². The molecule has 2 aliphatic carbocycles. The minimum Gasteiger partial charge on any atom is -0.459 e. The van der Waals surface area contributed by atoms with Crippen LogP contribution in [0.3, 0.4) is 0 Å². The Morgan fingerprint density at radius 1 is 1.21 bits per heavy atom. The summed E-state index contributed by atoms with van der Waals surface area (Å²) in [4.78, 5) is 37.2. The number of rotatable bonds is 4. The van der Waals surface area contributed by atoms with Crippen molar-refractivity contribution in [3.05, 3.63) is 58.7 Å². The zero-order valence-electron chi connectivity index (χ0n) is 20.0. The number of ether oxygens (including phenoxy) is 3. The zero-order valence-corrected chi connectivity index (χ0v) is 20.0. The summed E-state index contributed by atoms with van der Waals surface area (Å²) in [5, 5.41) is 0. The van der Waals surface area contributed by atoms with Crippen LogP contribution >= 0.6 is 0 Å². The Kier molecular flexibility index (Phi) is 5.97. The van der Waals surface area contributed by atoms with Crippen LogP contribution in [0.1, 0.15) is 75.7 Å². The van der Waals surface area contributed by atoms with Gasteiger partial charge in [0.15, 0.2) is 0 Å². The Morgan fingerprint density at radius 2 is 1.88 bits per heavy atom. The van der Waals surface area contributed by atoms with E-state index in [1.54, 1.807) is 12.1 Å². The van der Waals surface area contributed by atoms with Gasteiger partial charge in [0.05, 0.1) is 5.56 Å². The Morgan fingerprint density at radius 3 is 2.48 bits per heavy atom. The highest BCUT2D eigenvalue weighted by atomic mass is 16.6. The molecule has 0 aromatic heterocycles. The molecular formula is C27H32O6. The van der Waals surface area contributed by atoms with Crippen molar-refractivity contribution >= 4 is 17.9 Å². The van der Waals surface area contributed by atoms with E-state index in [2.05, 4.69) is 20.4 Å². The van der Waals surface area contributed by atoms with E-state index in [-0.39, 0.29) is 23.8 Å². The summed E-state index contributed by atoms with van der Waals surface area (Å²) < 4.78 is 17.5. The molecule has 33 heavy (non-hydrogen) atoms. The molecule has 176 valence electrons. The van der Waals surface area contributed by atoms with Crippen molar-refractivity contribution in [1.82, 2.24) is 0 Å². The van der Waals surface area contributed by atoms with Gasteiger partial charge in [-0.1, -0.05) is 32.6 Å². The summed E-state index contributed by atoms with van der Waals surface area (Å²) in [6, 6.07) is 7.46. The minimum absolute atomic E-state index is 0.166. The molecule has 1 heterocycles. The lowest BCUT2D eigenvalue weighted by atomic mass is 9.81. The number of hydrogen-bond donors (Lipinski definition) is 0. The molecule has 1 aliphatic heterocycles. The van der Waals surface area contributed by atoms with Crippen molar-refractivity contribution in [3.63, 3.8) is 0 Å². The second-order valence-corrected chi connectivity index (χ2v) is 10.00. The molecule has 3 aliphatic rings. The fourth-order valence-corrected chi connectivity index (χ4v) is 5.60. The molecule has 1 unspecified atom stereocenters. The van der Waals surface area contributed by atoms with Crippen molar-refractivity contribution in [2.75, 3.05) is 0 Å². The third-order valence-corrected chi connectivity index (χ3v) is 7.51. The molecule has 6 heteroatoms. The van der Waals surface area contributed by atoms with E-state index in [1.165, 1.54) is 6.92 Å². The summed E-state index contributed by atoms with van der Waals surface area (Å²) in [6.45, 7) is 13.4. The molecule has 0 radical (unpaired) electrons. The summed E-state index contributed by atoms with van der Waals surface area (Å²) in [7, 11) is 0. The van der Waals surface area contributed by atoms with E-state index in [0.29, 0.717) is 36.3 Å². The fourth-order valence-electron chi connectivity index (χ4n) is 5.60. The predicted octanol–water partition coefficient (Wildman–Crippen LogP) is 4.89. The third-order valence-electron chi connectivity index (χ3n) is 7.51. The van der Waals surface area contributed by atoms with Crippen LogP contribution in [-0.2, 0) is 23.8 Å². The molecule has 1 saturated carbocycles. The average Bonchev–Trinajstić information content (AvgIpc) is 3.18. The van der Waals surface area contributed by atoms with E-state index in [1.807, 2.05) is 26.0 Å². The largest absolute Gasteiger partial charge is 0.459 e. The van der Waals surface area contributed by atoms with E-state index in [0.717, 1.165) is 16.7 Å². The Balaban J connectivity index is 1.65. The Labute approximate surface area is 195 Å². The van der Waals surface area contributed by atoms with Gasteiger partial charge in [0.2, 0.25) is 0 Å². The number of hydrogen-bond acceptors (Lipinski definition) is 6. The van der Waals surface area contributed by atoms with Crippen LogP contribution in [0.4, 0.5) is 0 Å². The first-order valence-corrected chi connectivity index (χ1v) is 11.6. The molecule has 4 rings (SSSR count). The zero-order chi connectivity index (χ0) is 24.1. The van der Waals surface area contributed by atoms with Crippen molar-refractivity contribution < 1.29 is 28.6 Å². The van der Waals surface area contributed by atoms with Gasteiger partial charge in [-0.15, -0.1) is 0 Å². The summed E-state index contributed by atoms with van der Waals surface area (Å²) in [6.07, 6.45) is 0.750. The molecule has 6 nitrogen and oxygen atoms in total. The van der Waals surface area contributed by atoms with Crippen LogP contribution in [0.25, 0.3) is 0 Å². The smallest absolute Gasteiger partial charge is 0.338 e. The van der Waals surface area contributed by atoms with Crippen LogP contribution in [-0.4, -0.2) is 35.7 Å². The SMILES string of the molecule is C=C1C(=O)O[C@@H]2C3=C(C)[C@@H](OC(=O)c4ccc(C(C)C)cc4)CC3[C@](C)(OC(C)=O)CC[C@@H]12. The maximum Gasteiger partial charge on any atom is 0.338 e. The van der Waals surface area contributed by atoms with Crippen LogP contribution in [0.5, 0.6) is 0 Å². The molecule has 1 aromatic carbocycles. The van der Waals surface area contributed by atoms with Crippen molar-refractivity contribution in [2.24, 2.45) is 11.8 Å². The molecule has 0 amide bonds. The second-order valence-electron chi connectivity index (χ2n) is 10.00. The first kappa shape index (κ1) is 23.3. The standard InChI is InChI=1S/C27H32O6/c1-14(2)18-7-9-19(10-8-18)26(30)31-22-13-21-23(16(22)4)24-20(15(3)25(29)32-24)11-12-27(21,6)33-17(5)28/h7-10,14,20-22,24H,3,11-13H2,1-2,4-6H3/t20-,21?,22-,24-,27+/m0/s1. The number of esters is 3. The topological polar surface area (TPSA) is 78.9 Å². The van der Waals surface area contributed by atoms with Gasteiger partial charge in [-0.25, -0.2) is 9.59 Å². The highest BCUT2D eigenvalue weighted by Gasteiger charge is 2.56. The lowest BCUT2D eigenvalue weighted by Gasteiger charge is -2.35. The molecular weight excluding hydrogens is 420 g/mol. The van der Waals surface area contributed by atoms with Crippen molar-refractivity contribution in [1.29, 1.82) is 0 Å². The van der Waals surface area contributed by atoms with Crippen LogP contribution in [0.2, 0.25) is 0 Å². The summed E-state index contributed by atoms with van der Waals surface area (Å²) in [5.41, 5.74) is 3.09. The predicted molar refractivity (Wildman–Crippen MR) is 122 cm³/mol. The van der Waals surface area contributed by atoms with E-state index in [9.17, 15) is 14.4 Å². The molecule has 0 spiro atoms. The van der Waals surface area contributed by atoms with E-state index < -0.39 is 23.8 Å². The van der Waals surface area contributed by atoms with Crippen LogP contribution < -0.4 is 0 Å². The minimum atomic E-state index is -0.778. The van der Waals surface area contributed by atoms with Gasteiger partial charge in [0.1, 0.15) is 17.8 Å². The molecule has 1 aromatic rings. The maximum atomic E-state index is 12.9. The van der Waals surface area contributed by atoms with Crippen LogP contribution in [0, 0.1) is 11.8 Å². The number of carbonyl (C=O) groups is 3. The van der Waals surface area contributed by atoms with Gasteiger partial charge in [0, 0.05) is 24.3 Å². The number of benzene rings is 1. The van der Waals surface area contributed by atoms with Gasteiger partial charge in [0.25, 0.3) is 0 Å². The summed E-state index contributed by atoms with van der Waals surface area (Å²) >= 11 is 0. The Bertz CT molecular complexity index is 1030. The first-order valence-electron chi connectivity index (χ1n) is 11.6. The second kappa shape index (κ2) is 8.47. The average molecular weight is 453 g/mol. The van der Waals surface area contributed by atoms with Crippen molar-refractivity contribution in [3.8, 4) is 0 Å². The maximum absolute atomic E-state index is 12.9. The molecule has 5 atom stereocenters. The molecule has 0 bridgehead atoms. The summed E-state index contributed by atoms with van der Waals surface area (Å²) in [5.74, 6) is -1.14. The third kappa shape index (κ3) is 4.11. The molecule has 0 N–H and O–H groups in total.